The molecule has 1 aliphatic carbocycles. The van der Waals surface area contributed by atoms with Crippen molar-refractivity contribution in [3.05, 3.63) is 145 Å². The summed E-state index contributed by atoms with van der Waals surface area (Å²) < 4.78 is 1.27. The fraction of sp³-hybridized carbons (Fsp3) is 0.0556. The van der Waals surface area contributed by atoms with Gasteiger partial charge < -0.3 is 4.90 Å². The molecule has 190 valence electrons. The number of rotatable bonds is 3. The number of benzene rings is 4. The number of hydrogen-bond donors (Lipinski definition) is 0. The van der Waals surface area contributed by atoms with Crippen LogP contribution < -0.4 is 4.90 Å². The predicted molar refractivity (Wildman–Crippen MR) is 167 cm³/mol. The standard InChI is InChI=1S/C36H25N3S/c1-3-13-24(14-4-1)30-23-37-34(25-15-5-2-6-16-25)35(38-30)39-31-21-11-9-18-27(31)26-17-7-8-19-28(26)33-29-20-10-12-22-32(29)40-36(33)39/h1-23,27,31H. The molecule has 0 spiro atoms. The Kier molecular flexibility index (Phi) is 5.45. The second kappa shape index (κ2) is 9.44. The van der Waals surface area contributed by atoms with Crippen LogP contribution in [0.15, 0.2) is 140 Å². The van der Waals surface area contributed by atoms with Gasteiger partial charge in [-0.2, -0.15) is 0 Å². The van der Waals surface area contributed by atoms with E-state index in [1.165, 1.54) is 31.8 Å². The quantitative estimate of drug-likeness (QED) is 0.228. The maximum absolute atomic E-state index is 5.42. The highest BCUT2D eigenvalue weighted by Crippen LogP contribution is 2.54. The van der Waals surface area contributed by atoms with Gasteiger partial charge in [0.05, 0.1) is 17.9 Å². The van der Waals surface area contributed by atoms with Crippen LogP contribution in [0.1, 0.15) is 11.5 Å². The van der Waals surface area contributed by atoms with Crippen LogP contribution in [0.25, 0.3) is 43.7 Å². The van der Waals surface area contributed by atoms with Gasteiger partial charge in [0, 0.05) is 32.7 Å². The van der Waals surface area contributed by atoms with E-state index in [2.05, 4.69) is 126 Å². The van der Waals surface area contributed by atoms with Crippen molar-refractivity contribution in [2.75, 3.05) is 4.90 Å². The molecule has 0 saturated carbocycles. The second-order valence-corrected chi connectivity index (χ2v) is 11.2. The molecule has 3 nitrogen and oxygen atoms in total. The molecule has 8 rings (SSSR count). The number of fused-ring (bicyclic) bond motifs is 7. The van der Waals surface area contributed by atoms with Crippen molar-refractivity contribution in [3.63, 3.8) is 0 Å². The zero-order valence-corrected chi connectivity index (χ0v) is 22.5. The Morgan fingerprint density at radius 3 is 2.23 bits per heavy atom. The lowest BCUT2D eigenvalue weighted by Gasteiger charge is -2.35. The molecule has 4 heteroatoms. The average Bonchev–Trinajstić information content (AvgIpc) is 3.36. The highest BCUT2D eigenvalue weighted by Gasteiger charge is 2.38. The van der Waals surface area contributed by atoms with Crippen LogP contribution in [0.5, 0.6) is 0 Å². The van der Waals surface area contributed by atoms with Crippen molar-refractivity contribution < 1.29 is 0 Å². The van der Waals surface area contributed by atoms with Crippen molar-refractivity contribution in [1.29, 1.82) is 0 Å². The van der Waals surface area contributed by atoms with E-state index in [4.69, 9.17) is 9.97 Å². The predicted octanol–water partition coefficient (Wildman–Crippen LogP) is 9.42. The Morgan fingerprint density at radius 1 is 0.675 bits per heavy atom. The molecule has 2 atom stereocenters. The number of allylic oxidation sites excluding steroid dienone is 2. The van der Waals surface area contributed by atoms with Crippen LogP contribution in [0.2, 0.25) is 0 Å². The van der Waals surface area contributed by atoms with Gasteiger partial charge in [-0.15, -0.1) is 11.3 Å². The minimum absolute atomic E-state index is 0.0447. The zero-order valence-electron chi connectivity index (χ0n) is 21.7. The van der Waals surface area contributed by atoms with Gasteiger partial charge in [-0.3, -0.25) is 4.98 Å². The van der Waals surface area contributed by atoms with Gasteiger partial charge in [-0.25, -0.2) is 4.98 Å². The van der Waals surface area contributed by atoms with E-state index in [0.29, 0.717) is 0 Å². The molecule has 4 aromatic carbocycles. The Morgan fingerprint density at radius 2 is 1.38 bits per heavy atom. The number of thiophene rings is 1. The molecule has 2 unspecified atom stereocenters. The Bertz CT molecular complexity index is 1920. The molecule has 0 bridgehead atoms. The molecule has 3 heterocycles. The smallest absolute Gasteiger partial charge is 0.161 e. The highest BCUT2D eigenvalue weighted by molar-refractivity contribution is 7.23. The van der Waals surface area contributed by atoms with Gasteiger partial charge in [0.2, 0.25) is 0 Å². The van der Waals surface area contributed by atoms with E-state index < -0.39 is 0 Å². The summed E-state index contributed by atoms with van der Waals surface area (Å²) in [5, 5.41) is 2.48. The number of hydrogen-bond acceptors (Lipinski definition) is 4. The summed E-state index contributed by atoms with van der Waals surface area (Å²) >= 11 is 1.84. The Labute approximate surface area is 237 Å². The van der Waals surface area contributed by atoms with Crippen molar-refractivity contribution in [1.82, 2.24) is 9.97 Å². The average molecular weight is 532 g/mol. The van der Waals surface area contributed by atoms with Crippen molar-refractivity contribution in [3.8, 4) is 33.6 Å². The highest BCUT2D eigenvalue weighted by atomic mass is 32.1. The van der Waals surface area contributed by atoms with Gasteiger partial charge in [0.15, 0.2) is 5.82 Å². The third-order valence-corrected chi connectivity index (χ3v) is 9.06. The lowest BCUT2D eigenvalue weighted by atomic mass is 9.84. The van der Waals surface area contributed by atoms with E-state index in [0.717, 1.165) is 28.3 Å². The van der Waals surface area contributed by atoms with E-state index in [1.54, 1.807) is 0 Å². The third kappa shape index (κ3) is 3.64. The van der Waals surface area contributed by atoms with E-state index in [-0.39, 0.29) is 12.0 Å². The molecule has 0 fully saturated rings. The summed E-state index contributed by atoms with van der Waals surface area (Å²) in [5.41, 5.74) is 7.78. The topological polar surface area (TPSA) is 29.0 Å². The molecular formula is C36H25N3S. The molecule has 0 amide bonds. The van der Waals surface area contributed by atoms with E-state index in [9.17, 15) is 0 Å². The lowest BCUT2D eigenvalue weighted by Crippen LogP contribution is -2.35. The third-order valence-electron chi connectivity index (χ3n) is 7.89. The van der Waals surface area contributed by atoms with Crippen molar-refractivity contribution in [2.24, 2.45) is 0 Å². The Hall–Kier alpha value is -4.80. The molecule has 2 aliphatic rings. The van der Waals surface area contributed by atoms with E-state index in [1.807, 2.05) is 29.7 Å². The first-order valence-corrected chi connectivity index (χ1v) is 14.4. The largest absolute Gasteiger partial charge is 0.308 e. The summed E-state index contributed by atoms with van der Waals surface area (Å²) in [4.78, 5) is 13.0. The van der Waals surface area contributed by atoms with Crippen LogP contribution in [-0.2, 0) is 0 Å². The first kappa shape index (κ1) is 23.1. The molecule has 2 aromatic heterocycles. The maximum Gasteiger partial charge on any atom is 0.161 e. The first-order valence-electron chi connectivity index (χ1n) is 13.6. The normalized spacial score (nSPS) is 17.2. The van der Waals surface area contributed by atoms with Crippen LogP contribution in [0.3, 0.4) is 0 Å². The van der Waals surface area contributed by atoms with Crippen LogP contribution >= 0.6 is 11.3 Å². The minimum Gasteiger partial charge on any atom is -0.308 e. The number of aromatic nitrogens is 2. The summed E-state index contributed by atoms with van der Waals surface area (Å²) in [6.45, 7) is 0. The lowest BCUT2D eigenvalue weighted by molar-refractivity contribution is 0.694. The molecule has 0 saturated heterocycles. The molecule has 0 N–H and O–H groups in total. The molecule has 0 radical (unpaired) electrons. The van der Waals surface area contributed by atoms with Crippen molar-refractivity contribution >= 4 is 32.2 Å². The van der Waals surface area contributed by atoms with Gasteiger partial charge in [0.25, 0.3) is 0 Å². The van der Waals surface area contributed by atoms with Crippen LogP contribution in [-0.4, -0.2) is 16.0 Å². The summed E-state index contributed by atoms with van der Waals surface area (Å²) in [6.07, 6.45) is 10.9. The first-order chi connectivity index (χ1) is 19.9. The molecule has 1 aliphatic heterocycles. The maximum atomic E-state index is 5.42. The Balaban J connectivity index is 1.47. The fourth-order valence-electron chi connectivity index (χ4n) is 6.08. The van der Waals surface area contributed by atoms with Crippen LogP contribution in [0, 0.1) is 0 Å². The van der Waals surface area contributed by atoms with Crippen molar-refractivity contribution in [2.45, 2.75) is 12.0 Å². The monoisotopic (exact) mass is 531 g/mol. The number of anilines is 2. The van der Waals surface area contributed by atoms with E-state index >= 15 is 0 Å². The minimum atomic E-state index is 0.0447. The van der Waals surface area contributed by atoms with Crippen LogP contribution in [0.4, 0.5) is 10.8 Å². The molecular weight excluding hydrogens is 506 g/mol. The summed E-state index contributed by atoms with van der Waals surface area (Å²) in [7, 11) is 0. The SMILES string of the molecule is C1=CC2c3ccccc3-c3c(sc4ccccc34)N(c3nc(-c4ccccc4)cnc3-c3ccccc3)C2C=C1. The number of nitrogens with zero attached hydrogens (tertiary/aromatic N) is 3. The summed E-state index contributed by atoms with van der Waals surface area (Å²) in [6, 6.07) is 38.5. The van der Waals surface area contributed by atoms with Gasteiger partial charge in [-0.05, 0) is 17.2 Å². The second-order valence-electron chi connectivity index (χ2n) is 10.2. The fourth-order valence-corrected chi connectivity index (χ4v) is 7.34. The van der Waals surface area contributed by atoms with Gasteiger partial charge in [-0.1, -0.05) is 127 Å². The van der Waals surface area contributed by atoms with Gasteiger partial charge >= 0.3 is 0 Å². The molecule has 40 heavy (non-hydrogen) atoms. The zero-order chi connectivity index (χ0) is 26.5. The van der Waals surface area contributed by atoms with Gasteiger partial charge in [0.1, 0.15) is 10.7 Å². The molecule has 6 aromatic rings. The summed E-state index contributed by atoms with van der Waals surface area (Å²) in [5.74, 6) is 1.05.